The Morgan fingerprint density at radius 2 is 2.11 bits per heavy atom. The fraction of sp³-hybridized carbons (Fsp3) is 0.286. The van der Waals surface area contributed by atoms with Gasteiger partial charge in [-0.25, -0.2) is 9.48 Å². The lowest BCUT2D eigenvalue weighted by molar-refractivity contribution is 0.0527. The molecule has 0 spiro atoms. The summed E-state index contributed by atoms with van der Waals surface area (Å²) >= 11 is 0. The average Bonchev–Trinajstić information content (AvgIpc) is 2.69. The molecule has 1 aromatic heterocycles. The van der Waals surface area contributed by atoms with E-state index in [0.717, 1.165) is 17.1 Å². The number of nitrogen functional groups attached to an aromatic ring is 1. The molecular formula is C14H17N3O2. The average molecular weight is 259 g/mol. The highest BCUT2D eigenvalue weighted by molar-refractivity contribution is 5.95. The minimum atomic E-state index is -0.414. The zero-order valence-electron chi connectivity index (χ0n) is 11.3. The van der Waals surface area contributed by atoms with E-state index in [4.69, 9.17) is 10.5 Å². The molecule has 5 nitrogen and oxygen atoms in total. The van der Waals surface area contributed by atoms with Crippen LogP contribution in [0.15, 0.2) is 24.3 Å². The van der Waals surface area contributed by atoms with E-state index in [1.165, 1.54) is 0 Å². The molecule has 0 aliphatic heterocycles. The maximum atomic E-state index is 11.8. The Hall–Kier alpha value is -2.30. The van der Waals surface area contributed by atoms with Crippen LogP contribution >= 0.6 is 0 Å². The van der Waals surface area contributed by atoms with Crippen molar-refractivity contribution in [2.45, 2.75) is 20.8 Å². The predicted molar refractivity (Wildman–Crippen MR) is 73.4 cm³/mol. The molecule has 1 heterocycles. The molecule has 1 aromatic carbocycles. The van der Waals surface area contributed by atoms with Crippen LogP contribution in [0, 0.1) is 13.8 Å². The molecule has 0 unspecified atom stereocenters. The molecule has 0 fully saturated rings. The summed E-state index contributed by atoms with van der Waals surface area (Å²) < 4.78 is 6.76. The summed E-state index contributed by atoms with van der Waals surface area (Å²) in [7, 11) is 0. The normalized spacial score (nSPS) is 10.5. The van der Waals surface area contributed by atoms with Gasteiger partial charge in [0.2, 0.25) is 0 Å². The first-order valence-corrected chi connectivity index (χ1v) is 6.13. The van der Waals surface area contributed by atoms with Crippen LogP contribution in [0.5, 0.6) is 0 Å². The van der Waals surface area contributed by atoms with Crippen molar-refractivity contribution in [3.63, 3.8) is 0 Å². The van der Waals surface area contributed by atoms with Crippen LogP contribution in [-0.4, -0.2) is 22.4 Å². The van der Waals surface area contributed by atoms with Gasteiger partial charge < -0.3 is 10.5 Å². The van der Waals surface area contributed by atoms with Crippen molar-refractivity contribution in [2.75, 3.05) is 12.3 Å². The second-order valence-corrected chi connectivity index (χ2v) is 4.33. The van der Waals surface area contributed by atoms with Crippen molar-refractivity contribution in [2.24, 2.45) is 0 Å². The topological polar surface area (TPSA) is 70.1 Å². The third-order valence-electron chi connectivity index (χ3n) is 2.79. The van der Waals surface area contributed by atoms with Crippen molar-refractivity contribution in [1.29, 1.82) is 0 Å². The van der Waals surface area contributed by atoms with Crippen LogP contribution < -0.4 is 5.73 Å². The molecular weight excluding hydrogens is 242 g/mol. The van der Waals surface area contributed by atoms with Gasteiger partial charge in [0, 0.05) is 11.4 Å². The maximum absolute atomic E-state index is 11.8. The molecule has 0 aliphatic carbocycles. The van der Waals surface area contributed by atoms with Gasteiger partial charge in [0.1, 0.15) is 0 Å². The Bertz CT molecular complexity index is 617. The van der Waals surface area contributed by atoms with Crippen molar-refractivity contribution in [1.82, 2.24) is 9.78 Å². The summed E-state index contributed by atoms with van der Waals surface area (Å²) in [6, 6.07) is 7.20. The van der Waals surface area contributed by atoms with Gasteiger partial charge in [-0.1, -0.05) is 0 Å². The zero-order valence-corrected chi connectivity index (χ0v) is 11.3. The van der Waals surface area contributed by atoms with Crippen LogP contribution in [0.2, 0.25) is 0 Å². The van der Waals surface area contributed by atoms with Crippen molar-refractivity contribution >= 4 is 11.7 Å². The second kappa shape index (κ2) is 5.14. The number of nitrogens with zero attached hydrogens (tertiary/aromatic N) is 2. The zero-order chi connectivity index (χ0) is 14.0. The molecule has 0 amide bonds. The minimum absolute atomic E-state index is 0.322. The van der Waals surface area contributed by atoms with Crippen molar-refractivity contribution < 1.29 is 9.53 Å². The molecule has 0 atom stereocenters. The molecule has 0 saturated carbocycles. The summed E-state index contributed by atoms with van der Waals surface area (Å²) in [5.41, 5.74) is 9.30. The monoisotopic (exact) mass is 259 g/mol. The number of aromatic nitrogens is 2. The molecule has 100 valence electrons. The Labute approximate surface area is 112 Å². The Kier molecular flexibility index (Phi) is 3.55. The first-order chi connectivity index (χ1) is 9.02. The number of rotatable bonds is 3. The smallest absolute Gasteiger partial charge is 0.340 e. The Balaban J connectivity index is 2.46. The van der Waals surface area contributed by atoms with Crippen LogP contribution in [0.1, 0.15) is 28.7 Å². The summed E-state index contributed by atoms with van der Waals surface area (Å²) in [6.45, 7) is 5.97. The van der Waals surface area contributed by atoms with Gasteiger partial charge >= 0.3 is 5.97 Å². The van der Waals surface area contributed by atoms with Gasteiger partial charge in [-0.3, -0.25) is 0 Å². The number of nitrogens with two attached hydrogens (primary N) is 1. The standard InChI is InChI=1S/C14H17N3O2/c1-4-19-14(18)12-8-11(5-6-13(12)15)17-10(3)7-9(2)16-17/h5-8H,4,15H2,1-3H3. The van der Waals surface area contributed by atoms with Crippen molar-refractivity contribution in [3.05, 3.63) is 41.2 Å². The molecule has 0 bridgehead atoms. The largest absolute Gasteiger partial charge is 0.462 e. The number of anilines is 1. The molecule has 0 aliphatic rings. The van der Waals surface area contributed by atoms with Crippen LogP contribution in [0.25, 0.3) is 5.69 Å². The summed E-state index contributed by atoms with van der Waals surface area (Å²) in [5.74, 6) is -0.414. The van der Waals surface area contributed by atoms with Gasteiger partial charge in [-0.05, 0) is 45.0 Å². The van der Waals surface area contributed by atoms with Gasteiger partial charge in [0.25, 0.3) is 0 Å². The van der Waals surface area contributed by atoms with Crippen LogP contribution in [-0.2, 0) is 4.74 Å². The number of aryl methyl sites for hydroxylation is 2. The van der Waals surface area contributed by atoms with Gasteiger partial charge in [0.15, 0.2) is 0 Å². The lowest BCUT2D eigenvalue weighted by Gasteiger charge is -2.09. The minimum Gasteiger partial charge on any atom is -0.462 e. The number of hydrogen-bond acceptors (Lipinski definition) is 4. The molecule has 2 rings (SSSR count). The third-order valence-corrected chi connectivity index (χ3v) is 2.79. The number of carbonyl (C=O) groups excluding carboxylic acids is 1. The van der Waals surface area contributed by atoms with Crippen molar-refractivity contribution in [3.8, 4) is 5.69 Å². The lowest BCUT2D eigenvalue weighted by atomic mass is 10.1. The molecule has 19 heavy (non-hydrogen) atoms. The lowest BCUT2D eigenvalue weighted by Crippen LogP contribution is -2.09. The maximum Gasteiger partial charge on any atom is 0.340 e. The van der Waals surface area contributed by atoms with E-state index in [-0.39, 0.29) is 0 Å². The Morgan fingerprint density at radius 3 is 2.68 bits per heavy atom. The number of carbonyl (C=O) groups is 1. The number of hydrogen-bond donors (Lipinski definition) is 1. The van der Waals surface area contributed by atoms with E-state index in [0.29, 0.717) is 17.9 Å². The van der Waals surface area contributed by atoms with Crippen LogP contribution in [0.4, 0.5) is 5.69 Å². The quantitative estimate of drug-likeness (QED) is 0.678. The fourth-order valence-electron chi connectivity index (χ4n) is 1.95. The number of ether oxygens (including phenoxy) is 1. The van der Waals surface area contributed by atoms with E-state index >= 15 is 0 Å². The highest BCUT2D eigenvalue weighted by Gasteiger charge is 2.13. The van der Waals surface area contributed by atoms with Gasteiger partial charge in [-0.2, -0.15) is 5.10 Å². The first kappa shape index (κ1) is 13.1. The number of benzene rings is 1. The molecule has 2 N–H and O–H groups in total. The fourth-order valence-corrected chi connectivity index (χ4v) is 1.95. The summed E-state index contributed by atoms with van der Waals surface area (Å²) in [6.07, 6.45) is 0. The highest BCUT2D eigenvalue weighted by Crippen LogP contribution is 2.19. The van der Waals surface area contributed by atoms with E-state index in [1.807, 2.05) is 26.0 Å². The van der Waals surface area contributed by atoms with E-state index in [9.17, 15) is 4.79 Å². The highest BCUT2D eigenvalue weighted by atomic mass is 16.5. The summed E-state index contributed by atoms with van der Waals surface area (Å²) in [4.78, 5) is 11.8. The third kappa shape index (κ3) is 2.59. The predicted octanol–water partition coefficient (Wildman–Crippen LogP) is 2.25. The molecule has 2 aromatic rings. The SMILES string of the molecule is CCOC(=O)c1cc(-n2nc(C)cc2C)ccc1N. The molecule has 0 saturated heterocycles. The first-order valence-electron chi connectivity index (χ1n) is 6.13. The van der Waals surface area contributed by atoms with Gasteiger partial charge in [0.05, 0.1) is 23.6 Å². The van der Waals surface area contributed by atoms with E-state index in [1.54, 1.807) is 23.7 Å². The van der Waals surface area contributed by atoms with E-state index in [2.05, 4.69) is 5.10 Å². The van der Waals surface area contributed by atoms with Gasteiger partial charge in [-0.15, -0.1) is 0 Å². The molecule has 5 heteroatoms. The Morgan fingerprint density at radius 1 is 1.37 bits per heavy atom. The van der Waals surface area contributed by atoms with Crippen LogP contribution in [0.3, 0.4) is 0 Å². The van der Waals surface area contributed by atoms with E-state index < -0.39 is 5.97 Å². The number of esters is 1. The summed E-state index contributed by atoms with van der Waals surface area (Å²) in [5, 5.41) is 4.38. The second-order valence-electron chi connectivity index (χ2n) is 4.33. The molecule has 0 radical (unpaired) electrons.